The van der Waals surface area contributed by atoms with E-state index in [0.717, 1.165) is 0 Å². The summed E-state index contributed by atoms with van der Waals surface area (Å²) in [6.45, 7) is 7.29. The molecule has 110 valence electrons. The fourth-order valence-corrected chi connectivity index (χ4v) is 1.93. The molecule has 0 fully saturated rings. The second-order valence-electron chi connectivity index (χ2n) is 4.53. The smallest absolute Gasteiger partial charge is 0.343 e. The van der Waals surface area contributed by atoms with Gasteiger partial charge in [-0.15, -0.1) is 6.58 Å². The van der Waals surface area contributed by atoms with Gasteiger partial charge in [0.05, 0.1) is 11.6 Å². The van der Waals surface area contributed by atoms with Crippen LogP contribution in [0, 0.1) is 5.92 Å². The molecule has 0 unspecified atom stereocenters. The summed E-state index contributed by atoms with van der Waals surface area (Å²) in [5.41, 5.74) is 9.10. The van der Waals surface area contributed by atoms with Crippen LogP contribution in [0.25, 0.3) is 10.4 Å². The number of carbonyl (C=O) groups is 1. The topological polar surface area (TPSA) is 75.1 Å². The van der Waals surface area contributed by atoms with Gasteiger partial charge in [-0.1, -0.05) is 36.3 Å². The number of ether oxygens (including phenoxy) is 1. The van der Waals surface area contributed by atoms with Gasteiger partial charge >= 0.3 is 5.97 Å². The predicted molar refractivity (Wildman–Crippen MR) is 82.5 cm³/mol. The molecule has 0 heterocycles. The highest BCUT2D eigenvalue weighted by atomic mass is 16.5. The molecule has 1 rings (SSSR count). The third kappa shape index (κ3) is 4.82. The summed E-state index contributed by atoms with van der Waals surface area (Å²) in [6.07, 6.45) is 3.92. The second kappa shape index (κ2) is 8.61. The molecule has 0 bridgehead atoms. The summed E-state index contributed by atoms with van der Waals surface area (Å²) in [5.74, 6) is -0.145. The van der Waals surface area contributed by atoms with Crippen LogP contribution in [-0.4, -0.2) is 12.0 Å². The highest BCUT2D eigenvalue weighted by Crippen LogP contribution is 2.23. The molecule has 0 saturated carbocycles. The van der Waals surface area contributed by atoms with Crippen molar-refractivity contribution in [2.75, 3.05) is 0 Å². The lowest BCUT2D eigenvalue weighted by atomic mass is 9.97. The third-order valence-electron chi connectivity index (χ3n) is 3.14. The first-order valence-corrected chi connectivity index (χ1v) is 6.72. The van der Waals surface area contributed by atoms with E-state index in [1.165, 1.54) is 0 Å². The fraction of sp³-hybridized carbons (Fsp3) is 0.312. The van der Waals surface area contributed by atoms with Crippen LogP contribution in [0.4, 0.5) is 0 Å². The van der Waals surface area contributed by atoms with Crippen LogP contribution in [0.15, 0.2) is 59.9 Å². The first-order chi connectivity index (χ1) is 10.1. The Bertz CT molecular complexity index is 560. The number of rotatable bonds is 7. The Kier molecular flexibility index (Phi) is 6.78. The van der Waals surface area contributed by atoms with Gasteiger partial charge in [0, 0.05) is 10.8 Å². The zero-order valence-corrected chi connectivity index (χ0v) is 12.3. The van der Waals surface area contributed by atoms with Crippen molar-refractivity contribution in [1.82, 2.24) is 0 Å². The van der Waals surface area contributed by atoms with E-state index in [0.29, 0.717) is 17.7 Å². The van der Waals surface area contributed by atoms with Crippen molar-refractivity contribution in [1.29, 1.82) is 0 Å². The van der Waals surface area contributed by atoms with Crippen LogP contribution < -0.4 is 0 Å². The molecule has 0 spiro atoms. The summed E-state index contributed by atoms with van der Waals surface area (Å²) >= 11 is 0. The first kappa shape index (κ1) is 16.5. The van der Waals surface area contributed by atoms with Crippen LogP contribution in [0.2, 0.25) is 0 Å². The SMILES string of the molecule is C=CC[C@@H](N=[N+]=[N-])[C@H](C)/C(=C/C)OC(=O)c1ccccc1. The molecule has 0 aliphatic carbocycles. The van der Waals surface area contributed by atoms with Gasteiger partial charge in [0.2, 0.25) is 0 Å². The minimum absolute atomic E-state index is 0.212. The highest BCUT2D eigenvalue weighted by molar-refractivity contribution is 5.90. The normalized spacial score (nSPS) is 13.7. The van der Waals surface area contributed by atoms with Gasteiger partial charge < -0.3 is 4.74 Å². The van der Waals surface area contributed by atoms with Gasteiger partial charge in [-0.05, 0) is 37.1 Å². The molecule has 0 aliphatic rings. The number of benzene rings is 1. The molecule has 0 saturated heterocycles. The van der Waals surface area contributed by atoms with Gasteiger partial charge in [0.1, 0.15) is 5.76 Å². The van der Waals surface area contributed by atoms with Gasteiger partial charge in [-0.3, -0.25) is 0 Å². The number of nitrogens with zero attached hydrogens (tertiary/aromatic N) is 3. The van der Waals surface area contributed by atoms with Crippen molar-refractivity contribution < 1.29 is 9.53 Å². The Morgan fingerprint density at radius 1 is 1.48 bits per heavy atom. The Morgan fingerprint density at radius 2 is 2.14 bits per heavy atom. The maximum atomic E-state index is 12.1. The van der Waals surface area contributed by atoms with Gasteiger partial charge in [-0.2, -0.15) is 0 Å². The lowest BCUT2D eigenvalue weighted by molar-refractivity contribution is 0.0584. The van der Waals surface area contributed by atoms with Crippen molar-refractivity contribution in [3.8, 4) is 0 Å². The molecule has 5 nitrogen and oxygen atoms in total. The fourth-order valence-electron chi connectivity index (χ4n) is 1.93. The zero-order chi connectivity index (χ0) is 15.7. The molecule has 5 heteroatoms. The van der Waals surface area contributed by atoms with E-state index in [1.54, 1.807) is 43.3 Å². The van der Waals surface area contributed by atoms with E-state index < -0.39 is 5.97 Å². The Balaban J connectivity index is 2.85. The van der Waals surface area contributed by atoms with E-state index in [-0.39, 0.29) is 12.0 Å². The lowest BCUT2D eigenvalue weighted by Gasteiger charge is -2.20. The summed E-state index contributed by atoms with van der Waals surface area (Å²) in [4.78, 5) is 14.9. The number of hydrogen-bond donors (Lipinski definition) is 0. The predicted octanol–water partition coefficient (Wildman–Crippen LogP) is 4.64. The van der Waals surface area contributed by atoms with Gasteiger partial charge in [0.15, 0.2) is 0 Å². The summed E-state index contributed by atoms with van der Waals surface area (Å²) in [7, 11) is 0. The molecule has 0 aliphatic heterocycles. The highest BCUT2D eigenvalue weighted by Gasteiger charge is 2.22. The summed E-state index contributed by atoms with van der Waals surface area (Å²) < 4.78 is 5.43. The largest absolute Gasteiger partial charge is 0.428 e. The maximum Gasteiger partial charge on any atom is 0.343 e. The molecule has 21 heavy (non-hydrogen) atoms. The van der Waals surface area contributed by atoms with Gasteiger partial charge in [-0.25, -0.2) is 4.79 Å². The monoisotopic (exact) mass is 285 g/mol. The number of carbonyl (C=O) groups excluding carboxylic acids is 1. The number of hydrogen-bond acceptors (Lipinski definition) is 3. The number of allylic oxidation sites excluding steroid dienone is 1. The van der Waals surface area contributed by atoms with Crippen LogP contribution in [-0.2, 0) is 4.74 Å². The quantitative estimate of drug-likeness (QED) is 0.183. The van der Waals surface area contributed by atoms with Crippen LogP contribution in [0.1, 0.15) is 30.6 Å². The molecular formula is C16H19N3O2. The minimum Gasteiger partial charge on any atom is -0.428 e. The van der Waals surface area contributed by atoms with Crippen LogP contribution in [0.3, 0.4) is 0 Å². The van der Waals surface area contributed by atoms with E-state index >= 15 is 0 Å². The van der Waals surface area contributed by atoms with Crippen molar-refractivity contribution in [2.45, 2.75) is 26.3 Å². The molecule has 0 aromatic heterocycles. The van der Waals surface area contributed by atoms with E-state index in [4.69, 9.17) is 10.3 Å². The Hall–Kier alpha value is -2.52. The number of esters is 1. The lowest BCUT2D eigenvalue weighted by Crippen LogP contribution is -2.20. The van der Waals surface area contributed by atoms with Crippen LogP contribution >= 0.6 is 0 Å². The van der Waals surface area contributed by atoms with Gasteiger partial charge in [0.25, 0.3) is 0 Å². The molecule has 1 aromatic rings. The number of azide groups is 1. The molecule has 0 N–H and O–H groups in total. The van der Waals surface area contributed by atoms with E-state index in [2.05, 4.69) is 16.6 Å². The molecule has 2 atom stereocenters. The first-order valence-electron chi connectivity index (χ1n) is 6.72. The average Bonchev–Trinajstić information content (AvgIpc) is 2.52. The average molecular weight is 285 g/mol. The third-order valence-corrected chi connectivity index (χ3v) is 3.14. The summed E-state index contributed by atoms with van der Waals surface area (Å²) in [6, 6.07) is 8.43. The van der Waals surface area contributed by atoms with E-state index in [1.807, 2.05) is 13.0 Å². The Labute approximate surface area is 124 Å². The zero-order valence-electron chi connectivity index (χ0n) is 12.3. The molecule has 1 aromatic carbocycles. The Morgan fingerprint density at radius 3 is 2.67 bits per heavy atom. The minimum atomic E-state index is -0.422. The van der Waals surface area contributed by atoms with Crippen molar-refractivity contribution in [3.63, 3.8) is 0 Å². The maximum absolute atomic E-state index is 12.1. The van der Waals surface area contributed by atoms with Crippen LogP contribution in [0.5, 0.6) is 0 Å². The standard InChI is InChI=1S/C16H19N3O2/c1-4-9-14(18-19-17)12(3)15(5-2)21-16(20)13-10-7-6-8-11-13/h4-8,10-12,14H,1,9H2,2-3H3/b15-5-/t12-,14+/m0/s1. The van der Waals surface area contributed by atoms with Crippen molar-refractivity contribution in [2.24, 2.45) is 11.0 Å². The molecule has 0 radical (unpaired) electrons. The summed E-state index contributed by atoms with van der Waals surface area (Å²) in [5, 5.41) is 3.74. The van der Waals surface area contributed by atoms with E-state index in [9.17, 15) is 4.79 Å². The van der Waals surface area contributed by atoms with Crippen molar-refractivity contribution >= 4 is 5.97 Å². The van der Waals surface area contributed by atoms with Crippen molar-refractivity contribution in [3.05, 3.63) is 70.8 Å². The second-order valence-corrected chi connectivity index (χ2v) is 4.53. The molecule has 0 amide bonds. The molecular weight excluding hydrogens is 266 g/mol.